The van der Waals surface area contributed by atoms with Crippen LogP contribution in [0.3, 0.4) is 0 Å². The van der Waals surface area contributed by atoms with Crippen molar-refractivity contribution in [3.63, 3.8) is 0 Å². The van der Waals surface area contributed by atoms with Crippen molar-refractivity contribution in [2.75, 3.05) is 35.1 Å². The average Bonchev–Trinajstić information content (AvgIpc) is 3.53. The van der Waals surface area contributed by atoms with E-state index in [1.165, 1.54) is 12.8 Å². The Bertz CT molecular complexity index is 1610. The highest BCUT2D eigenvalue weighted by atomic mass is 32.2. The van der Waals surface area contributed by atoms with Gasteiger partial charge < -0.3 is 15.0 Å². The molecule has 1 amide bonds. The molecule has 0 unspecified atom stereocenters. The molecule has 9 heteroatoms. The summed E-state index contributed by atoms with van der Waals surface area (Å²) in [7, 11) is -2.10. The van der Waals surface area contributed by atoms with Gasteiger partial charge in [0.1, 0.15) is 5.75 Å². The van der Waals surface area contributed by atoms with Crippen LogP contribution in [0.15, 0.2) is 97.1 Å². The Kier molecular flexibility index (Phi) is 8.35. The Balaban J connectivity index is 1.16. The summed E-state index contributed by atoms with van der Waals surface area (Å²) in [5, 5.41) is 2.87. The molecule has 0 saturated carbocycles. The summed E-state index contributed by atoms with van der Waals surface area (Å²) in [6.07, 6.45) is 2.39. The molecule has 0 bridgehead atoms. The van der Waals surface area contributed by atoms with Crippen molar-refractivity contribution < 1.29 is 22.7 Å². The first kappa shape index (κ1) is 27.9. The first-order chi connectivity index (χ1) is 19.8. The summed E-state index contributed by atoms with van der Waals surface area (Å²) in [4.78, 5) is 28.0. The number of amides is 1. The SMILES string of the molecule is COc1ccc(CS(=O)(=O)Nc2ccc(C(=O)c3ccc(NC(=O)c4ccc(N5CCCC5)cc4)cc3)cc2)cc1. The van der Waals surface area contributed by atoms with Gasteiger partial charge in [-0.1, -0.05) is 12.1 Å². The molecule has 2 N–H and O–H groups in total. The highest BCUT2D eigenvalue weighted by Crippen LogP contribution is 2.22. The zero-order valence-electron chi connectivity index (χ0n) is 22.7. The molecule has 4 aromatic carbocycles. The van der Waals surface area contributed by atoms with Gasteiger partial charge in [-0.2, -0.15) is 0 Å². The molecule has 41 heavy (non-hydrogen) atoms. The van der Waals surface area contributed by atoms with Crippen LogP contribution >= 0.6 is 0 Å². The highest BCUT2D eigenvalue weighted by molar-refractivity contribution is 7.91. The third kappa shape index (κ3) is 7.12. The number of nitrogens with zero attached hydrogens (tertiary/aromatic N) is 1. The van der Waals surface area contributed by atoms with Crippen molar-refractivity contribution in [1.82, 2.24) is 0 Å². The van der Waals surface area contributed by atoms with Crippen LogP contribution in [0.5, 0.6) is 5.75 Å². The fraction of sp³-hybridized carbons (Fsp3) is 0.188. The molecule has 1 heterocycles. The molecule has 1 fully saturated rings. The van der Waals surface area contributed by atoms with E-state index >= 15 is 0 Å². The van der Waals surface area contributed by atoms with Crippen LogP contribution in [0, 0.1) is 0 Å². The second-order valence-corrected chi connectivity index (χ2v) is 11.6. The molecular weight excluding hydrogens is 538 g/mol. The van der Waals surface area contributed by atoms with Gasteiger partial charge >= 0.3 is 0 Å². The normalized spacial score (nSPS) is 13.0. The van der Waals surface area contributed by atoms with Crippen LogP contribution in [0.4, 0.5) is 17.1 Å². The summed E-state index contributed by atoms with van der Waals surface area (Å²) < 4.78 is 32.8. The van der Waals surface area contributed by atoms with Gasteiger partial charge in [-0.05, 0) is 103 Å². The van der Waals surface area contributed by atoms with E-state index in [-0.39, 0.29) is 17.4 Å². The quantitative estimate of drug-likeness (QED) is 0.237. The number of rotatable bonds is 10. The second kappa shape index (κ2) is 12.3. The Morgan fingerprint density at radius 3 is 1.83 bits per heavy atom. The summed E-state index contributed by atoms with van der Waals surface area (Å²) in [6, 6.07) is 27.3. The highest BCUT2D eigenvalue weighted by Gasteiger charge is 2.15. The number of benzene rings is 4. The van der Waals surface area contributed by atoms with E-state index in [2.05, 4.69) is 14.9 Å². The Morgan fingerprint density at radius 2 is 1.27 bits per heavy atom. The molecule has 210 valence electrons. The van der Waals surface area contributed by atoms with E-state index in [1.807, 2.05) is 24.3 Å². The van der Waals surface area contributed by atoms with Crippen molar-refractivity contribution in [3.8, 4) is 5.75 Å². The first-order valence-corrected chi connectivity index (χ1v) is 15.0. The smallest absolute Gasteiger partial charge is 0.255 e. The first-order valence-electron chi connectivity index (χ1n) is 13.3. The monoisotopic (exact) mass is 569 g/mol. The molecule has 5 rings (SSSR count). The van der Waals surface area contributed by atoms with E-state index in [9.17, 15) is 18.0 Å². The van der Waals surface area contributed by atoms with Crippen LogP contribution in [0.1, 0.15) is 44.7 Å². The van der Waals surface area contributed by atoms with Gasteiger partial charge in [-0.15, -0.1) is 0 Å². The standard InChI is InChI=1S/C32H31N3O5S/c1-40-30-18-4-23(5-19-30)22-41(38,39)34-28-14-8-25(9-15-28)31(36)24-6-12-27(13-7-24)33-32(37)26-10-16-29(17-11-26)35-20-2-3-21-35/h4-19,34H,2-3,20-22H2,1H3,(H,33,37). The van der Waals surface area contributed by atoms with Gasteiger partial charge in [0.05, 0.1) is 12.9 Å². The maximum absolute atomic E-state index is 13.0. The Morgan fingerprint density at radius 1 is 0.732 bits per heavy atom. The largest absolute Gasteiger partial charge is 0.497 e. The average molecular weight is 570 g/mol. The minimum Gasteiger partial charge on any atom is -0.497 e. The van der Waals surface area contributed by atoms with Crippen LogP contribution in [-0.4, -0.2) is 40.3 Å². The van der Waals surface area contributed by atoms with E-state index in [0.29, 0.717) is 39.4 Å². The van der Waals surface area contributed by atoms with Gasteiger partial charge in [0, 0.05) is 46.8 Å². The molecular formula is C32H31N3O5S. The van der Waals surface area contributed by atoms with Gasteiger partial charge in [0.2, 0.25) is 10.0 Å². The number of methoxy groups -OCH3 is 1. The minimum atomic E-state index is -3.65. The van der Waals surface area contributed by atoms with E-state index in [0.717, 1.165) is 18.8 Å². The number of nitrogens with one attached hydrogen (secondary N) is 2. The lowest BCUT2D eigenvalue weighted by molar-refractivity contribution is 0.102. The summed E-state index contributed by atoms with van der Waals surface area (Å²) in [6.45, 7) is 2.09. The predicted octanol–water partition coefficient (Wildman–Crippen LogP) is 5.72. The van der Waals surface area contributed by atoms with Crippen molar-refractivity contribution in [2.45, 2.75) is 18.6 Å². The van der Waals surface area contributed by atoms with E-state index < -0.39 is 10.0 Å². The van der Waals surface area contributed by atoms with Crippen LogP contribution in [0.25, 0.3) is 0 Å². The van der Waals surface area contributed by atoms with Crippen LogP contribution in [-0.2, 0) is 15.8 Å². The number of sulfonamides is 1. The maximum atomic E-state index is 13.0. The van der Waals surface area contributed by atoms with Crippen molar-refractivity contribution in [3.05, 3.63) is 119 Å². The van der Waals surface area contributed by atoms with Gasteiger partial charge in [0.15, 0.2) is 5.78 Å². The fourth-order valence-electron chi connectivity index (χ4n) is 4.72. The van der Waals surface area contributed by atoms with Gasteiger partial charge in [-0.25, -0.2) is 8.42 Å². The summed E-state index contributed by atoms with van der Waals surface area (Å²) in [5.41, 5.74) is 4.12. The molecule has 8 nitrogen and oxygen atoms in total. The Labute approximate surface area is 240 Å². The molecule has 0 aliphatic carbocycles. The lowest BCUT2D eigenvalue weighted by Gasteiger charge is -2.17. The van der Waals surface area contributed by atoms with Crippen molar-refractivity contribution >= 4 is 38.8 Å². The topological polar surface area (TPSA) is 105 Å². The number of hydrogen-bond donors (Lipinski definition) is 2. The lowest BCUT2D eigenvalue weighted by Crippen LogP contribution is -2.18. The summed E-state index contributed by atoms with van der Waals surface area (Å²) >= 11 is 0. The molecule has 1 aliphatic heterocycles. The van der Waals surface area contributed by atoms with Gasteiger partial charge in [0.25, 0.3) is 5.91 Å². The third-order valence-electron chi connectivity index (χ3n) is 6.94. The zero-order valence-corrected chi connectivity index (χ0v) is 23.5. The van der Waals surface area contributed by atoms with Crippen molar-refractivity contribution in [2.24, 2.45) is 0 Å². The predicted molar refractivity (Wildman–Crippen MR) is 161 cm³/mol. The van der Waals surface area contributed by atoms with Gasteiger partial charge in [-0.3, -0.25) is 14.3 Å². The number of hydrogen-bond acceptors (Lipinski definition) is 6. The maximum Gasteiger partial charge on any atom is 0.255 e. The van der Waals surface area contributed by atoms with Crippen LogP contribution < -0.4 is 19.7 Å². The molecule has 0 atom stereocenters. The number of carbonyl (C=O) groups excluding carboxylic acids is 2. The molecule has 0 spiro atoms. The minimum absolute atomic E-state index is 0.190. The molecule has 0 radical (unpaired) electrons. The Hall–Kier alpha value is -4.63. The third-order valence-corrected chi connectivity index (χ3v) is 8.20. The summed E-state index contributed by atoms with van der Waals surface area (Å²) in [5.74, 6) is 0.0251. The van der Waals surface area contributed by atoms with E-state index in [1.54, 1.807) is 79.9 Å². The lowest BCUT2D eigenvalue weighted by atomic mass is 10.0. The second-order valence-electron chi connectivity index (χ2n) is 9.89. The van der Waals surface area contributed by atoms with E-state index in [4.69, 9.17) is 4.74 Å². The van der Waals surface area contributed by atoms with Crippen molar-refractivity contribution in [1.29, 1.82) is 0 Å². The van der Waals surface area contributed by atoms with Crippen LogP contribution in [0.2, 0.25) is 0 Å². The molecule has 0 aromatic heterocycles. The fourth-order valence-corrected chi connectivity index (χ4v) is 5.92. The number of carbonyl (C=O) groups is 2. The number of ketones is 1. The number of anilines is 3. The number of ether oxygens (including phenoxy) is 1. The zero-order chi connectivity index (χ0) is 28.8. The molecule has 1 saturated heterocycles. The molecule has 1 aliphatic rings. The molecule has 4 aromatic rings.